The molecule has 0 fully saturated rings. The minimum Gasteiger partial charge on any atom is -0.465 e. The summed E-state index contributed by atoms with van der Waals surface area (Å²) in [5.74, 6) is -0.386. The van der Waals surface area contributed by atoms with Gasteiger partial charge in [-0.25, -0.2) is 0 Å². The van der Waals surface area contributed by atoms with Crippen molar-refractivity contribution in [1.82, 2.24) is 0 Å². The summed E-state index contributed by atoms with van der Waals surface area (Å²) in [7, 11) is 0. The first kappa shape index (κ1) is 12.0. The second-order valence-electron chi connectivity index (χ2n) is 3.34. The molecule has 0 heterocycles. The molecule has 0 aliphatic carbocycles. The molecule has 0 rings (SSSR count). The summed E-state index contributed by atoms with van der Waals surface area (Å²) >= 11 is 0. The predicted molar refractivity (Wildman–Crippen MR) is 49.8 cm³/mol. The van der Waals surface area contributed by atoms with Crippen LogP contribution in [0.15, 0.2) is 0 Å². The van der Waals surface area contributed by atoms with Crippen molar-refractivity contribution in [3.8, 4) is 6.07 Å². The zero-order valence-corrected chi connectivity index (χ0v) is 8.76. The molecule has 0 saturated carbocycles. The first-order valence-electron chi connectivity index (χ1n) is 4.61. The molecule has 2 atom stereocenters. The van der Waals surface area contributed by atoms with Crippen LogP contribution in [-0.4, -0.2) is 12.6 Å². The van der Waals surface area contributed by atoms with Gasteiger partial charge in [0.05, 0.1) is 12.7 Å². The number of hydrogen-bond donors (Lipinski definition) is 0. The molecule has 0 unspecified atom stereocenters. The molecular formula is C10H17NO2. The van der Waals surface area contributed by atoms with Gasteiger partial charge in [-0.3, -0.25) is 4.79 Å². The molecule has 0 bridgehead atoms. The molecule has 74 valence electrons. The summed E-state index contributed by atoms with van der Waals surface area (Å²) in [5.41, 5.74) is -0.995. The van der Waals surface area contributed by atoms with Crippen molar-refractivity contribution in [2.75, 3.05) is 6.61 Å². The number of nitriles is 1. The van der Waals surface area contributed by atoms with E-state index in [4.69, 9.17) is 10.00 Å². The van der Waals surface area contributed by atoms with Crippen molar-refractivity contribution >= 4 is 5.97 Å². The minimum absolute atomic E-state index is 0.0246. The smallest absolute Gasteiger partial charge is 0.326 e. The van der Waals surface area contributed by atoms with E-state index in [-0.39, 0.29) is 5.92 Å². The summed E-state index contributed by atoms with van der Waals surface area (Å²) in [4.78, 5) is 11.5. The van der Waals surface area contributed by atoms with Crippen molar-refractivity contribution in [2.45, 2.75) is 34.1 Å². The van der Waals surface area contributed by atoms with Crippen LogP contribution in [0.5, 0.6) is 0 Å². The third-order valence-electron chi connectivity index (χ3n) is 2.53. The number of esters is 1. The standard InChI is InChI=1S/C10H17NO2/c1-5-8(3)10(4,7-11)9(12)13-6-2/h8H,5-6H2,1-4H3/t8-,10-/m1/s1. The lowest BCUT2D eigenvalue weighted by Crippen LogP contribution is -2.34. The zero-order chi connectivity index (χ0) is 10.5. The lowest BCUT2D eigenvalue weighted by Gasteiger charge is -2.25. The van der Waals surface area contributed by atoms with Crippen LogP contribution < -0.4 is 0 Å². The number of ether oxygens (including phenoxy) is 1. The van der Waals surface area contributed by atoms with Crippen LogP contribution in [0.4, 0.5) is 0 Å². The molecule has 0 aromatic carbocycles. The van der Waals surface area contributed by atoms with Crippen LogP contribution in [0.25, 0.3) is 0 Å². The lowest BCUT2D eigenvalue weighted by atomic mass is 9.78. The normalized spacial score (nSPS) is 16.8. The predicted octanol–water partition coefficient (Wildman–Crippen LogP) is 2.13. The molecule has 0 radical (unpaired) electrons. The van der Waals surface area contributed by atoms with E-state index in [2.05, 4.69) is 0 Å². The Kier molecular flexibility index (Phi) is 4.47. The molecule has 0 N–H and O–H groups in total. The summed E-state index contributed by atoms with van der Waals surface area (Å²) in [6, 6.07) is 2.04. The van der Waals surface area contributed by atoms with Crippen LogP contribution in [0.3, 0.4) is 0 Å². The van der Waals surface area contributed by atoms with Gasteiger partial charge in [0, 0.05) is 0 Å². The van der Waals surface area contributed by atoms with Crippen LogP contribution >= 0.6 is 0 Å². The van der Waals surface area contributed by atoms with Gasteiger partial charge in [-0.2, -0.15) is 5.26 Å². The SMILES string of the molecule is CCOC(=O)[C@](C)(C#N)[C@H](C)CC. The Labute approximate surface area is 79.7 Å². The summed E-state index contributed by atoms with van der Waals surface area (Å²) in [6.45, 7) is 7.55. The van der Waals surface area contributed by atoms with E-state index in [1.807, 2.05) is 19.9 Å². The van der Waals surface area contributed by atoms with E-state index in [1.54, 1.807) is 13.8 Å². The average Bonchev–Trinajstić information content (AvgIpc) is 2.15. The molecule has 0 saturated heterocycles. The number of hydrogen-bond acceptors (Lipinski definition) is 3. The lowest BCUT2D eigenvalue weighted by molar-refractivity contribution is -0.153. The van der Waals surface area contributed by atoms with E-state index in [0.717, 1.165) is 6.42 Å². The van der Waals surface area contributed by atoms with E-state index < -0.39 is 11.4 Å². The number of carbonyl (C=O) groups excluding carboxylic acids is 1. The second-order valence-corrected chi connectivity index (χ2v) is 3.34. The highest BCUT2D eigenvalue weighted by atomic mass is 16.5. The van der Waals surface area contributed by atoms with Crippen molar-refractivity contribution < 1.29 is 9.53 Å². The van der Waals surface area contributed by atoms with E-state index >= 15 is 0 Å². The fourth-order valence-electron chi connectivity index (χ4n) is 1.05. The Morgan fingerprint density at radius 2 is 2.15 bits per heavy atom. The molecule has 0 aliphatic rings. The highest BCUT2D eigenvalue weighted by Crippen LogP contribution is 2.30. The molecule has 0 aromatic rings. The fraction of sp³-hybridized carbons (Fsp3) is 0.800. The van der Waals surface area contributed by atoms with Crippen molar-refractivity contribution in [3.05, 3.63) is 0 Å². The van der Waals surface area contributed by atoms with Crippen LogP contribution in [0, 0.1) is 22.7 Å². The Bertz CT molecular complexity index is 219. The van der Waals surface area contributed by atoms with Crippen LogP contribution in [0.1, 0.15) is 34.1 Å². The van der Waals surface area contributed by atoms with E-state index in [0.29, 0.717) is 6.61 Å². The number of rotatable bonds is 4. The van der Waals surface area contributed by atoms with Gasteiger partial charge >= 0.3 is 5.97 Å². The van der Waals surface area contributed by atoms with Crippen LogP contribution in [-0.2, 0) is 9.53 Å². The maximum Gasteiger partial charge on any atom is 0.326 e. The minimum atomic E-state index is -0.995. The molecule has 13 heavy (non-hydrogen) atoms. The number of carbonyl (C=O) groups is 1. The number of nitrogens with zero attached hydrogens (tertiary/aromatic N) is 1. The quantitative estimate of drug-likeness (QED) is 0.627. The average molecular weight is 183 g/mol. The van der Waals surface area contributed by atoms with E-state index in [9.17, 15) is 4.79 Å². The second kappa shape index (κ2) is 4.86. The molecule has 0 aliphatic heterocycles. The Balaban J connectivity index is 4.64. The third kappa shape index (κ3) is 2.45. The van der Waals surface area contributed by atoms with Crippen molar-refractivity contribution in [2.24, 2.45) is 11.3 Å². The first-order valence-corrected chi connectivity index (χ1v) is 4.61. The fourth-order valence-corrected chi connectivity index (χ4v) is 1.05. The molecule has 3 heteroatoms. The topological polar surface area (TPSA) is 50.1 Å². The van der Waals surface area contributed by atoms with Crippen molar-refractivity contribution in [1.29, 1.82) is 5.26 Å². The van der Waals surface area contributed by atoms with Crippen molar-refractivity contribution in [3.63, 3.8) is 0 Å². The zero-order valence-electron chi connectivity index (χ0n) is 8.76. The highest BCUT2D eigenvalue weighted by molar-refractivity contribution is 5.79. The van der Waals surface area contributed by atoms with Gasteiger partial charge in [0.2, 0.25) is 0 Å². The molecule has 0 spiro atoms. The Morgan fingerprint density at radius 3 is 2.46 bits per heavy atom. The maximum atomic E-state index is 11.5. The van der Waals surface area contributed by atoms with E-state index in [1.165, 1.54) is 0 Å². The Morgan fingerprint density at radius 1 is 1.62 bits per heavy atom. The van der Waals surface area contributed by atoms with Gasteiger partial charge in [0.25, 0.3) is 0 Å². The summed E-state index contributed by atoms with van der Waals surface area (Å²) in [5, 5.41) is 8.93. The van der Waals surface area contributed by atoms with Crippen LogP contribution in [0.2, 0.25) is 0 Å². The summed E-state index contributed by atoms with van der Waals surface area (Å²) in [6.07, 6.45) is 0.795. The van der Waals surface area contributed by atoms with Gasteiger partial charge in [-0.05, 0) is 19.8 Å². The van der Waals surface area contributed by atoms with Gasteiger partial charge in [0.15, 0.2) is 5.41 Å². The molecule has 0 aromatic heterocycles. The maximum absolute atomic E-state index is 11.5. The molecule has 3 nitrogen and oxygen atoms in total. The third-order valence-corrected chi connectivity index (χ3v) is 2.53. The molecular weight excluding hydrogens is 166 g/mol. The monoisotopic (exact) mass is 183 g/mol. The molecule has 0 amide bonds. The Hall–Kier alpha value is -1.04. The largest absolute Gasteiger partial charge is 0.465 e. The van der Waals surface area contributed by atoms with Gasteiger partial charge in [-0.1, -0.05) is 20.3 Å². The first-order chi connectivity index (χ1) is 6.02. The summed E-state index contributed by atoms with van der Waals surface area (Å²) < 4.78 is 4.86. The van der Waals surface area contributed by atoms with Gasteiger partial charge in [-0.15, -0.1) is 0 Å². The van der Waals surface area contributed by atoms with Gasteiger partial charge in [0.1, 0.15) is 0 Å². The van der Waals surface area contributed by atoms with Gasteiger partial charge < -0.3 is 4.74 Å². The highest BCUT2D eigenvalue weighted by Gasteiger charge is 2.39.